The fourth-order valence-corrected chi connectivity index (χ4v) is 2.89. The van der Waals surface area contributed by atoms with Gasteiger partial charge in [-0.1, -0.05) is 0 Å². The van der Waals surface area contributed by atoms with E-state index in [0.717, 1.165) is 4.68 Å². The van der Waals surface area contributed by atoms with Crippen LogP contribution in [0.4, 0.5) is 8.78 Å². The molecular formula is C15H24F2N4O2. The Bertz CT molecular complexity index is 542. The highest BCUT2D eigenvalue weighted by Crippen LogP contribution is 2.15. The van der Waals surface area contributed by atoms with E-state index in [0.29, 0.717) is 26.2 Å². The van der Waals surface area contributed by atoms with Crippen molar-refractivity contribution >= 4 is 5.91 Å². The summed E-state index contributed by atoms with van der Waals surface area (Å²) in [6, 6.07) is 1.44. The molecule has 1 N–H and O–H groups in total. The van der Waals surface area contributed by atoms with Crippen LogP contribution in [0.15, 0.2) is 12.3 Å². The lowest BCUT2D eigenvalue weighted by molar-refractivity contribution is 0.00555. The minimum atomic E-state index is -2.50. The lowest BCUT2D eigenvalue weighted by Crippen LogP contribution is -2.56. The number of carbonyl (C=O) groups excluding carboxylic acids is 1. The van der Waals surface area contributed by atoms with Gasteiger partial charge in [0.1, 0.15) is 12.2 Å². The largest absolute Gasteiger partial charge is 0.389 e. The average molecular weight is 330 g/mol. The number of nitrogens with zero attached hydrogens (tertiary/aromatic N) is 4. The number of aliphatic hydroxyl groups is 1. The molecule has 0 aliphatic carbocycles. The molecule has 0 bridgehead atoms. The maximum Gasteiger partial charge on any atom is 0.274 e. The third-order valence-corrected chi connectivity index (χ3v) is 3.77. The summed E-state index contributed by atoms with van der Waals surface area (Å²) in [5, 5.41) is 13.8. The van der Waals surface area contributed by atoms with Crippen molar-refractivity contribution in [1.29, 1.82) is 0 Å². The van der Waals surface area contributed by atoms with Crippen LogP contribution in [0.1, 0.15) is 31.3 Å². The van der Waals surface area contributed by atoms with Gasteiger partial charge in [0.05, 0.1) is 5.60 Å². The van der Waals surface area contributed by atoms with Crippen molar-refractivity contribution in [2.24, 2.45) is 0 Å². The first-order chi connectivity index (χ1) is 10.7. The second-order valence-corrected chi connectivity index (χ2v) is 6.71. The number of carbonyl (C=O) groups is 1. The summed E-state index contributed by atoms with van der Waals surface area (Å²) >= 11 is 0. The standard InChI is InChI=1S/C15H24F2N4O2/c1-11-8-19(10-15(2,3)23)6-7-21(11)14(22)12-4-5-20(18-12)9-13(16)17/h4-5,11,13,23H,6-10H2,1-3H3. The molecule has 1 aromatic rings. The van der Waals surface area contributed by atoms with Gasteiger partial charge in [-0.3, -0.25) is 14.4 Å². The molecule has 1 saturated heterocycles. The molecule has 0 spiro atoms. The van der Waals surface area contributed by atoms with E-state index in [-0.39, 0.29) is 17.6 Å². The Morgan fingerprint density at radius 2 is 2.17 bits per heavy atom. The van der Waals surface area contributed by atoms with Crippen molar-refractivity contribution in [2.45, 2.75) is 45.4 Å². The van der Waals surface area contributed by atoms with E-state index in [1.54, 1.807) is 18.7 Å². The lowest BCUT2D eigenvalue weighted by atomic mass is 10.1. The summed E-state index contributed by atoms with van der Waals surface area (Å²) in [6.45, 7) is 7.33. The molecule has 0 radical (unpaired) electrons. The Morgan fingerprint density at radius 1 is 1.48 bits per heavy atom. The van der Waals surface area contributed by atoms with Gasteiger partial charge in [-0.05, 0) is 26.8 Å². The minimum Gasteiger partial charge on any atom is -0.389 e. The number of rotatable bonds is 5. The Labute approximate surface area is 134 Å². The van der Waals surface area contributed by atoms with Crippen LogP contribution >= 0.6 is 0 Å². The summed E-state index contributed by atoms with van der Waals surface area (Å²) < 4.78 is 25.8. The maximum atomic E-state index is 12.5. The van der Waals surface area contributed by atoms with Crippen molar-refractivity contribution in [3.8, 4) is 0 Å². The first-order valence-corrected chi connectivity index (χ1v) is 7.73. The van der Waals surface area contributed by atoms with Gasteiger partial charge in [-0.25, -0.2) is 8.78 Å². The Hall–Kier alpha value is -1.54. The fourth-order valence-electron chi connectivity index (χ4n) is 2.89. The third kappa shape index (κ3) is 4.97. The van der Waals surface area contributed by atoms with Gasteiger partial charge in [-0.15, -0.1) is 0 Å². The highest BCUT2D eigenvalue weighted by atomic mass is 19.3. The molecule has 0 aromatic carbocycles. The quantitative estimate of drug-likeness (QED) is 0.877. The minimum absolute atomic E-state index is 0.0288. The molecular weight excluding hydrogens is 306 g/mol. The summed E-state index contributed by atoms with van der Waals surface area (Å²) in [5.74, 6) is -0.242. The van der Waals surface area contributed by atoms with Crippen LogP contribution in [0.25, 0.3) is 0 Å². The zero-order valence-corrected chi connectivity index (χ0v) is 13.7. The SMILES string of the molecule is CC1CN(CC(C)(C)O)CCN1C(=O)c1ccn(CC(F)F)n1. The molecule has 1 aliphatic heterocycles. The average Bonchev–Trinajstić information content (AvgIpc) is 2.83. The summed E-state index contributed by atoms with van der Waals surface area (Å²) in [6.07, 6.45) is -1.10. The van der Waals surface area contributed by atoms with Crippen LogP contribution in [-0.2, 0) is 6.54 Å². The molecule has 1 amide bonds. The Balaban J connectivity index is 1.97. The topological polar surface area (TPSA) is 61.6 Å². The van der Waals surface area contributed by atoms with E-state index >= 15 is 0 Å². The van der Waals surface area contributed by atoms with Crippen LogP contribution in [0.2, 0.25) is 0 Å². The number of β-amino-alcohol motifs (C(OH)–C–C–N with tert-alkyl or cyclic N) is 1. The van der Waals surface area contributed by atoms with Gasteiger partial charge in [0, 0.05) is 38.4 Å². The second kappa shape index (κ2) is 6.92. The number of alkyl halides is 2. The molecule has 1 atom stereocenters. The summed E-state index contributed by atoms with van der Waals surface area (Å²) in [4.78, 5) is 16.3. The fraction of sp³-hybridized carbons (Fsp3) is 0.733. The first kappa shape index (κ1) is 17.8. The molecule has 1 aromatic heterocycles. The van der Waals surface area contributed by atoms with Gasteiger partial charge >= 0.3 is 0 Å². The van der Waals surface area contributed by atoms with E-state index in [1.165, 1.54) is 12.3 Å². The number of piperazine rings is 1. The molecule has 23 heavy (non-hydrogen) atoms. The van der Waals surface area contributed by atoms with E-state index in [9.17, 15) is 18.7 Å². The van der Waals surface area contributed by atoms with Crippen LogP contribution in [-0.4, -0.2) is 74.8 Å². The van der Waals surface area contributed by atoms with Crippen molar-refractivity contribution in [1.82, 2.24) is 19.6 Å². The van der Waals surface area contributed by atoms with Gasteiger partial charge in [-0.2, -0.15) is 5.10 Å². The van der Waals surface area contributed by atoms with Crippen LogP contribution in [0.3, 0.4) is 0 Å². The smallest absolute Gasteiger partial charge is 0.274 e. The Kier molecular flexibility index (Phi) is 5.36. The molecule has 1 aliphatic rings. The second-order valence-electron chi connectivity index (χ2n) is 6.71. The molecule has 1 fully saturated rings. The molecule has 0 saturated carbocycles. The molecule has 6 nitrogen and oxygen atoms in total. The van der Waals surface area contributed by atoms with Gasteiger partial charge in [0.25, 0.3) is 12.3 Å². The van der Waals surface area contributed by atoms with E-state index < -0.39 is 18.6 Å². The van der Waals surface area contributed by atoms with Crippen molar-refractivity contribution in [3.05, 3.63) is 18.0 Å². The summed E-state index contributed by atoms with van der Waals surface area (Å²) in [5.41, 5.74) is -0.589. The van der Waals surface area contributed by atoms with E-state index in [1.807, 2.05) is 6.92 Å². The molecule has 2 rings (SSSR count). The number of aromatic nitrogens is 2. The summed E-state index contributed by atoms with van der Waals surface area (Å²) in [7, 11) is 0. The van der Waals surface area contributed by atoms with E-state index in [4.69, 9.17) is 0 Å². The third-order valence-electron chi connectivity index (χ3n) is 3.77. The van der Waals surface area contributed by atoms with Gasteiger partial charge < -0.3 is 10.0 Å². The predicted molar refractivity (Wildman–Crippen MR) is 81.5 cm³/mol. The number of hydrogen-bond donors (Lipinski definition) is 1. The van der Waals surface area contributed by atoms with Gasteiger partial charge in [0.2, 0.25) is 0 Å². The van der Waals surface area contributed by atoms with Crippen LogP contribution in [0.5, 0.6) is 0 Å². The molecule has 8 heteroatoms. The highest BCUT2D eigenvalue weighted by molar-refractivity contribution is 5.92. The normalized spacial score (nSPS) is 20.3. The number of hydrogen-bond acceptors (Lipinski definition) is 4. The predicted octanol–water partition coefficient (Wildman–Crippen LogP) is 1.07. The van der Waals surface area contributed by atoms with E-state index in [2.05, 4.69) is 10.00 Å². The monoisotopic (exact) mass is 330 g/mol. The first-order valence-electron chi connectivity index (χ1n) is 7.73. The van der Waals surface area contributed by atoms with Crippen LogP contribution in [0, 0.1) is 0 Å². The molecule has 2 heterocycles. The van der Waals surface area contributed by atoms with Crippen molar-refractivity contribution in [2.75, 3.05) is 26.2 Å². The zero-order chi connectivity index (χ0) is 17.2. The Morgan fingerprint density at radius 3 is 2.74 bits per heavy atom. The van der Waals surface area contributed by atoms with Gasteiger partial charge in [0.15, 0.2) is 0 Å². The van der Waals surface area contributed by atoms with Crippen molar-refractivity contribution < 1.29 is 18.7 Å². The van der Waals surface area contributed by atoms with Crippen LogP contribution < -0.4 is 0 Å². The number of amides is 1. The molecule has 1 unspecified atom stereocenters. The highest BCUT2D eigenvalue weighted by Gasteiger charge is 2.31. The van der Waals surface area contributed by atoms with Crippen molar-refractivity contribution in [3.63, 3.8) is 0 Å². The lowest BCUT2D eigenvalue weighted by Gasteiger charge is -2.41. The zero-order valence-electron chi connectivity index (χ0n) is 13.7. The maximum absolute atomic E-state index is 12.5. The molecule has 130 valence electrons. The number of halogens is 2.